The predicted octanol–water partition coefficient (Wildman–Crippen LogP) is 1.94. The number of benzene rings is 1. The van der Waals surface area contributed by atoms with Crippen LogP contribution in [0, 0.1) is 0 Å². The van der Waals surface area contributed by atoms with E-state index in [2.05, 4.69) is 20.2 Å². The number of carbonyl (C=O) groups excluding carboxylic acids is 1. The quantitative estimate of drug-likeness (QED) is 0.454. The van der Waals surface area contributed by atoms with Crippen molar-refractivity contribution in [2.24, 2.45) is 0 Å². The van der Waals surface area contributed by atoms with Gasteiger partial charge in [-0.25, -0.2) is 13.1 Å². The number of sulfonamides is 1. The molecule has 0 aliphatic carbocycles. The zero-order valence-electron chi connectivity index (χ0n) is 13.7. The van der Waals surface area contributed by atoms with Gasteiger partial charge in [0, 0.05) is 23.7 Å². The van der Waals surface area contributed by atoms with E-state index in [1.54, 1.807) is 25.1 Å². The van der Waals surface area contributed by atoms with Crippen molar-refractivity contribution in [2.75, 3.05) is 26.2 Å². The number of carbonyl (C=O) groups is 1. The molecule has 1 aromatic carbocycles. The molecule has 0 aliphatic heterocycles. The number of hydrogen-bond donors (Lipinski definition) is 2. The fraction of sp³-hybridized carbons (Fsp3) is 0.357. The van der Waals surface area contributed by atoms with Gasteiger partial charge in [0.25, 0.3) is 10.0 Å². The molecule has 2 rings (SSSR count). The van der Waals surface area contributed by atoms with Crippen LogP contribution in [0.4, 0.5) is 0 Å². The number of nitrogens with zero attached hydrogens (tertiary/aromatic N) is 2. The summed E-state index contributed by atoms with van der Waals surface area (Å²) < 4.78 is 31.4. The highest BCUT2D eigenvalue weighted by Crippen LogP contribution is 2.33. The van der Waals surface area contributed by atoms with Crippen molar-refractivity contribution in [3.05, 3.63) is 28.2 Å². The lowest BCUT2D eigenvalue weighted by Gasteiger charge is -2.05. The standard InChI is InChI=1S/C14H16Cl2N4O4S2/c1-2-24-12(21)8-17-5-6-18-26(22,23)14-20-19-13(25-14)10-4-3-9(15)7-11(10)16/h3-4,7,17-18H,2,5-6,8H2,1H3. The summed E-state index contributed by atoms with van der Waals surface area (Å²) >= 11 is 12.8. The summed E-state index contributed by atoms with van der Waals surface area (Å²) in [5.74, 6) is -0.399. The molecule has 8 nitrogen and oxygen atoms in total. The Labute approximate surface area is 164 Å². The maximum atomic E-state index is 12.2. The van der Waals surface area contributed by atoms with Crippen molar-refractivity contribution in [2.45, 2.75) is 11.3 Å². The van der Waals surface area contributed by atoms with Crippen molar-refractivity contribution in [3.63, 3.8) is 0 Å². The Morgan fingerprint density at radius 2 is 2.04 bits per heavy atom. The first kappa shape index (κ1) is 21.0. The van der Waals surface area contributed by atoms with Crippen LogP contribution in [0.3, 0.4) is 0 Å². The smallest absolute Gasteiger partial charge is 0.319 e. The average molecular weight is 439 g/mol. The average Bonchev–Trinajstić information content (AvgIpc) is 3.05. The summed E-state index contributed by atoms with van der Waals surface area (Å²) in [6.07, 6.45) is 0. The van der Waals surface area contributed by atoms with E-state index in [4.69, 9.17) is 27.9 Å². The van der Waals surface area contributed by atoms with Crippen LogP contribution in [-0.4, -0.2) is 50.8 Å². The number of hydrogen-bond acceptors (Lipinski definition) is 8. The van der Waals surface area contributed by atoms with Crippen LogP contribution < -0.4 is 10.0 Å². The molecule has 0 aliphatic rings. The molecule has 1 heterocycles. The van der Waals surface area contributed by atoms with Gasteiger partial charge in [0.2, 0.25) is 4.34 Å². The van der Waals surface area contributed by atoms with Crippen LogP contribution in [0.1, 0.15) is 6.92 Å². The van der Waals surface area contributed by atoms with Gasteiger partial charge in [0.05, 0.1) is 18.2 Å². The van der Waals surface area contributed by atoms with Gasteiger partial charge in [-0.3, -0.25) is 4.79 Å². The van der Waals surface area contributed by atoms with E-state index in [1.165, 1.54) is 0 Å². The van der Waals surface area contributed by atoms with Gasteiger partial charge < -0.3 is 10.1 Å². The maximum Gasteiger partial charge on any atom is 0.319 e. The van der Waals surface area contributed by atoms with Crippen LogP contribution >= 0.6 is 34.5 Å². The van der Waals surface area contributed by atoms with Gasteiger partial charge in [0.1, 0.15) is 5.01 Å². The van der Waals surface area contributed by atoms with Crippen molar-refractivity contribution in [1.29, 1.82) is 0 Å². The largest absolute Gasteiger partial charge is 0.465 e. The number of ether oxygens (including phenoxy) is 1. The van der Waals surface area contributed by atoms with Crippen LogP contribution in [0.2, 0.25) is 10.0 Å². The lowest BCUT2D eigenvalue weighted by atomic mass is 10.2. The summed E-state index contributed by atoms with van der Waals surface area (Å²) in [6.45, 7) is 2.35. The van der Waals surface area contributed by atoms with E-state index in [-0.39, 0.29) is 24.0 Å². The molecule has 0 fully saturated rings. The highest BCUT2D eigenvalue weighted by atomic mass is 35.5. The Bertz CT molecular complexity index is 874. The molecule has 12 heteroatoms. The van der Waals surface area contributed by atoms with Crippen molar-refractivity contribution in [3.8, 4) is 10.6 Å². The molecule has 0 unspecified atom stereocenters. The third-order valence-corrected chi connectivity index (χ3v) is 6.30. The first-order valence-corrected chi connectivity index (χ1v) is 10.5. The van der Waals surface area contributed by atoms with Gasteiger partial charge in [-0.2, -0.15) is 0 Å². The predicted molar refractivity (Wildman–Crippen MR) is 100 cm³/mol. The molecule has 0 radical (unpaired) electrons. The molecule has 0 amide bonds. The Balaban J connectivity index is 1.93. The monoisotopic (exact) mass is 438 g/mol. The van der Waals surface area contributed by atoms with E-state index in [0.717, 1.165) is 11.3 Å². The number of rotatable bonds is 9. The van der Waals surface area contributed by atoms with Gasteiger partial charge in [-0.05, 0) is 25.1 Å². The van der Waals surface area contributed by atoms with Crippen molar-refractivity contribution >= 4 is 50.5 Å². The Hall–Kier alpha value is -1.30. The number of esters is 1. The fourth-order valence-corrected chi connectivity index (χ4v) is 4.49. The molecule has 26 heavy (non-hydrogen) atoms. The third kappa shape index (κ3) is 5.86. The molecule has 2 N–H and O–H groups in total. The molecular formula is C14H16Cl2N4O4S2. The topological polar surface area (TPSA) is 110 Å². The third-order valence-electron chi connectivity index (χ3n) is 2.97. The summed E-state index contributed by atoms with van der Waals surface area (Å²) in [7, 11) is -3.81. The Morgan fingerprint density at radius 1 is 1.27 bits per heavy atom. The SMILES string of the molecule is CCOC(=O)CNCCNS(=O)(=O)c1nnc(-c2ccc(Cl)cc2Cl)s1. The van der Waals surface area contributed by atoms with Gasteiger partial charge in [-0.15, -0.1) is 10.2 Å². The van der Waals surface area contributed by atoms with Crippen LogP contribution in [0.15, 0.2) is 22.5 Å². The van der Waals surface area contributed by atoms with E-state index >= 15 is 0 Å². The number of nitrogens with one attached hydrogen (secondary N) is 2. The first-order chi connectivity index (χ1) is 12.3. The van der Waals surface area contributed by atoms with Gasteiger partial charge in [0.15, 0.2) is 0 Å². The van der Waals surface area contributed by atoms with Gasteiger partial charge >= 0.3 is 5.97 Å². The van der Waals surface area contributed by atoms with Crippen molar-refractivity contribution < 1.29 is 17.9 Å². The molecule has 0 spiro atoms. The molecule has 0 atom stereocenters. The summed E-state index contributed by atoms with van der Waals surface area (Å²) in [5.41, 5.74) is 0.547. The molecular weight excluding hydrogens is 423 g/mol. The molecule has 1 aromatic heterocycles. The Kier molecular flexibility index (Phi) is 7.74. The molecule has 2 aromatic rings. The second kappa shape index (κ2) is 9.58. The minimum Gasteiger partial charge on any atom is -0.465 e. The Morgan fingerprint density at radius 3 is 2.73 bits per heavy atom. The minimum absolute atomic E-state index is 0.00753. The van der Waals surface area contributed by atoms with Crippen LogP contribution in [0.25, 0.3) is 10.6 Å². The summed E-state index contributed by atoms with van der Waals surface area (Å²) in [5, 5.41) is 11.6. The van der Waals surface area contributed by atoms with Crippen LogP contribution in [0.5, 0.6) is 0 Å². The zero-order chi connectivity index (χ0) is 19.2. The van der Waals surface area contributed by atoms with Crippen LogP contribution in [-0.2, 0) is 19.6 Å². The lowest BCUT2D eigenvalue weighted by Crippen LogP contribution is -2.34. The summed E-state index contributed by atoms with van der Waals surface area (Å²) in [4.78, 5) is 11.2. The lowest BCUT2D eigenvalue weighted by molar-refractivity contribution is -0.141. The molecule has 0 bridgehead atoms. The van der Waals surface area contributed by atoms with E-state index < -0.39 is 16.0 Å². The van der Waals surface area contributed by atoms with Crippen molar-refractivity contribution in [1.82, 2.24) is 20.2 Å². The normalized spacial score (nSPS) is 11.5. The molecule has 142 valence electrons. The molecule has 0 saturated heterocycles. The number of halogens is 2. The second-order valence-corrected chi connectivity index (χ2v) is 8.64. The van der Waals surface area contributed by atoms with E-state index in [1.807, 2.05) is 0 Å². The van der Waals surface area contributed by atoms with Gasteiger partial charge in [-0.1, -0.05) is 34.5 Å². The van der Waals surface area contributed by atoms with E-state index in [9.17, 15) is 13.2 Å². The highest BCUT2D eigenvalue weighted by molar-refractivity contribution is 7.91. The zero-order valence-corrected chi connectivity index (χ0v) is 16.8. The molecule has 0 saturated carbocycles. The van der Waals surface area contributed by atoms with E-state index in [0.29, 0.717) is 27.2 Å². The summed E-state index contributed by atoms with van der Waals surface area (Å²) in [6, 6.07) is 4.82. The first-order valence-electron chi connectivity index (χ1n) is 7.48. The minimum atomic E-state index is -3.81. The second-order valence-electron chi connectivity index (χ2n) is 4.88. The fourth-order valence-electron chi connectivity index (χ4n) is 1.83. The maximum absolute atomic E-state index is 12.2. The number of aromatic nitrogens is 2. The highest BCUT2D eigenvalue weighted by Gasteiger charge is 2.21.